The highest BCUT2D eigenvalue weighted by Gasteiger charge is 2.50. The van der Waals surface area contributed by atoms with Gasteiger partial charge >= 0.3 is 11.8 Å². The van der Waals surface area contributed by atoms with E-state index in [1.165, 1.54) is 53.2 Å². The van der Waals surface area contributed by atoms with E-state index in [4.69, 9.17) is 28.4 Å². The van der Waals surface area contributed by atoms with Gasteiger partial charge in [0.1, 0.15) is 23.4 Å². The predicted molar refractivity (Wildman–Crippen MR) is 232 cm³/mol. The van der Waals surface area contributed by atoms with Gasteiger partial charge in [0.15, 0.2) is 5.75 Å². The smallest absolute Gasteiger partial charge is 0.312 e. The zero-order valence-corrected chi connectivity index (χ0v) is 37.6. The third-order valence-electron chi connectivity index (χ3n) is 11.8. The van der Waals surface area contributed by atoms with E-state index in [0.717, 1.165) is 12.8 Å². The summed E-state index contributed by atoms with van der Waals surface area (Å²) in [5.74, 6) is -8.24. The summed E-state index contributed by atoms with van der Waals surface area (Å²) in [6.07, 6.45) is 5.55. The summed E-state index contributed by atoms with van der Waals surface area (Å²) in [5.41, 5.74) is -0.131. The number of benzene rings is 2. The zero-order valence-electron chi connectivity index (χ0n) is 37.6. The van der Waals surface area contributed by atoms with Crippen LogP contribution in [0.3, 0.4) is 0 Å². The molecular formula is C46H66N2O14. The molecule has 0 spiro atoms. The van der Waals surface area contributed by atoms with Crippen molar-refractivity contribution in [3.05, 3.63) is 52.8 Å². The number of allylic oxidation sites excluding steroid dienone is 2. The Kier molecular flexibility index (Phi) is 17.8. The lowest BCUT2D eigenvalue weighted by atomic mass is 9.78. The predicted octanol–water partition coefficient (Wildman–Crippen LogP) is 5.68. The minimum absolute atomic E-state index is 0.00879. The maximum Gasteiger partial charge on any atom is 0.312 e. The summed E-state index contributed by atoms with van der Waals surface area (Å²) in [7, 11) is 1.44. The third-order valence-corrected chi connectivity index (χ3v) is 11.8. The van der Waals surface area contributed by atoms with Crippen molar-refractivity contribution in [2.45, 2.75) is 112 Å². The van der Waals surface area contributed by atoms with Gasteiger partial charge in [-0.25, -0.2) is 0 Å². The third kappa shape index (κ3) is 11.1. The van der Waals surface area contributed by atoms with Crippen molar-refractivity contribution in [3.63, 3.8) is 0 Å². The van der Waals surface area contributed by atoms with Gasteiger partial charge in [0.25, 0.3) is 11.7 Å². The van der Waals surface area contributed by atoms with Crippen molar-refractivity contribution >= 4 is 34.1 Å². The number of hydrogen-bond donors (Lipinski definition) is 7. The molecular weight excluding hydrogens is 805 g/mol. The monoisotopic (exact) mass is 870 g/mol. The van der Waals surface area contributed by atoms with Crippen LogP contribution in [0.1, 0.15) is 89.7 Å². The van der Waals surface area contributed by atoms with E-state index in [9.17, 15) is 39.9 Å². The second kappa shape index (κ2) is 22.1. The lowest BCUT2D eigenvalue weighted by Crippen LogP contribution is -2.46. The van der Waals surface area contributed by atoms with Crippen molar-refractivity contribution < 1.29 is 68.3 Å². The van der Waals surface area contributed by atoms with E-state index >= 15 is 0 Å². The van der Waals surface area contributed by atoms with Crippen molar-refractivity contribution in [2.75, 3.05) is 45.4 Å². The van der Waals surface area contributed by atoms with Crippen LogP contribution in [-0.2, 0) is 39.8 Å². The number of methoxy groups -OCH3 is 1. The number of esters is 1. The normalized spacial score (nSPS) is 29.1. The van der Waals surface area contributed by atoms with Crippen LogP contribution in [0.25, 0.3) is 10.8 Å². The van der Waals surface area contributed by atoms with E-state index in [-0.39, 0.29) is 57.6 Å². The number of ketones is 1. The molecule has 3 heterocycles. The van der Waals surface area contributed by atoms with Gasteiger partial charge in [0, 0.05) is 86.4 Å². The highest BCUT2D eigenvalue weighted by Crippen LogP contribution is 2.55. The molecule has 0 aromatic heterocycles. The molecule has 62 heavy (non-hydrogen) atoms. The van der Waals surface area contributed by atoms with Crippen LogP contribution >= 0.6 is 0 Å². The standard InChI is InChI=1S/C46H66N2O14/c1-11-12-18-58-21-22-59-20-17-47-23-31-36-41(54)34-33(40(31)53)35-43(29(7)39(34)52)62-46(9,44(35)55)60-19-16-32(57-10)26(4)42(61-30(8)49)28(6)38(51)27(5)37(50)24(2)14-13-15-25(3)45(56)48-36/h13-16,19,24,26-28,32,37-38,42,47,50-54H,11-12,17-18,20-23H2,1-10H3,(H,48,56)/b14-13+,19-16+,25-15-/t24-,26+,27+,28+,32-,37-,38+,42+,46-/m0/s1. The van der Waals surface area contributed by atoms with Gasteiger partial charge in [-0.15, -0.1) is 0 Å². The molecule has 16 heteroatoms. The molecule has 0 saturated carbocycles. The number of aliphatic hydroxyl groups is 2. The Morgan fingerprint density at radius 1 is 0.903 bits per heavy atom. The van der Waals surface area contributed by atoms with E-state index < -0.39 is 88.8 Å². The number of carbonyl (C=O) groups excluding carboxylic acids is 3. The molecule has 7 N–H and O–H groups in total. The number of nitrogens with one attached hydrogen (secondary N) is 2. The lowest BCUT2D eigenvalue weighted by molar-refractivity contribution is -0.160. The van der Waals surface area contributed by atoms with Gasteiger partial charge in [-0.05, 0) is 26.3 Å². The van der Waals surface area contributed by atoms with Gasteiger partial charge in [-0.3, -0.25) is 14.4 Å². The first-order valence-corrected chi connectivity index (χ1v) is 21.3. The van der Waals surface area contributed by atoms with E-state index in [0.29, 0.717) is 26.4 Å². The molecule has 0 saturated heterocycles. The molecule has 2 aromatic rings. The summed E-state index contributed by atoms with van der Waals surface area (Å²) in [6, 6.07) is 0. The maximum absolute atomic E-state index is 14.4. The van der Waals surface area contributed by atoms with Crippen LogP contribution in [0.2, 0.25) is 0 Å². The number of ether oxygens (including phenoxy) is 6. The highest BCUT2D eigenvalue weighted by atomic mass is 16.7. The molecule has 0 unspecified atom stereocenters. The number of aromatic hydroxyl groups is 3. The second-order valence-electron chi connectivity index (χ2n) is 16.4. The Morgan fingerprint density at radius 2 is 1.58 bits per heavy atom. The summed E-state index contributed by atoms with van der Waals surface area (Å²) < 4.78 is 34.8. The molecule has 0 radical (unpaired) electrons. The Bertz CT molecular complexity index is 2010. The fourth-order valence-corrected chi connectivity index (χ4v) is 7.88. The van der Waals surface area contributed by atoms with Crippen molar-refractivity contribution in [1.82, 2.24) is 5.32 Å². The minimum Gasteiger partial charge on any atom is -0.507 e. The number of rotatable bonds is 13. The van der Waals surface area contributed by atoms with Gasteiger partial charge < -0.3 is 64.6 Å². The van der Waals surface area contributed by atoms with Gasteiger partial charge in [0.2, 0.25) is 0 Å². The minimum atomic E-state index is -2.04. The number of unbranched alkanes of at least 4 members (excludes halogenated alkanes) is 1. The summed E-state index contributed by atoms with van der Waals surface area (Å²) >= 11 is 0. The average Bonchev–Trinajstić information content (AvgIpc) is 3.50. The van der Waals surface area contributed by atoms with Gasteiger partial charge in [-0.1, -0.05) is 59.3 Å². The topological polar surface area (TPSA) is 232 Å². The van der Waals surface area contributed by atoms with Crippen LogP contribution in [0.15, 0.2) is 36.1 Å². The summed E-state index contributed by atoms with van der Waals surface area (Å²) in [6.45, 7) is 16.5. The first kappa shape index (κ1) is 49.9. The zero-order chi connectivity index (χ0) is 46.1. The molecule has 2 aromatic carbocycles. The quantitative estimate of drug-likeness (QED) is 0.0556. The number of Topliss-reactive ketones (excluding diaryl/α,β-unsaturated/α-hetero) is 1. The molecule has 16 nitrogen and oxygen atoms in total. The maximum atomic E-state index is 14.4. The number of hydrogen-bond acceptors (Lipinski definition) is 15. The lowest BCUT2D eigenvalue weighted by Gasteiger charge is -2.38. The molecule has 5 rings (SSSR count). The van der Waals surface area contributed by atoms with Crippen LogP contribution < -0.4 is 15.4 Å². The average molecular weight is 871 g/mol. The van der Waals surface area contributed by atoms with Crippen LogP contribution in [0.4, 0.5) is 5.69 Å². The Labute approximate surface area is 363 Å². The number of amides is 1. The largest absolute Gasteiger partial charge is 0.507 e. The first-order valence-electron chi connectivity index (χ1n) is 21.3. The number of carbonyl (C=O) groups is 3. The van der Waals surface area contributed by atoms with Gasteiger partial charge in [0.05, 0.1) is 61.0 Å². The molecule has 0 aliphatic carbocycles. The number of phenols is 3. The SMILES string of the molecule is CCCCOCCOCCNCc1c2c(O)c3c(O)c(C)c4c(c3c1O)C(=O)[C@@](C)(O/C=C/[C@H](OC)[C@@H](C)[C@@H](OC(C)=O)[C@H](C)[C@H](O)[C@H](C)[C@@H](O)[C@@H](C)/C=C/C=C(/C)C(=O)N2)O4. The van der Waals surface area contributed by atoms with Crippen LogP contribution in [0.5, 0.6) is 23.0 Å². The number of fused-ring (bicyclic) bond motifs is 14. The number of phenolic OH excluding ortho intramolecular Hbond substituents is 3. The number of anilines is 1. The number of aliphatic hydroxyl groups excluding tert-OH is 2. The fourth-order valence-electron chi connectivity index (χ4n) is 7.88. The van der Waals surface area contributed by atoms with E-state index in [1.54, 1.807) is 39.8 Å². The Hall–Kier alpha value is -4.71. The first-order chi connectivity index (χ1) is 29.3. The Morgan fingerprint density at radius 3 is 2.23 bits per heavy atom. The molecule has 3 aliphatic rings. The molecule has 5 bridgehead atoms. The molecule has 9 atom stereocenters. The molecule has 3 aliphatic heterocycles. The summed E-state index contributed by atoms with van der Waals surface area (Å²) in [4.78, 5) is 40.5. The molecule has 0 fully saturated rings. The molecule has 1 amide bonds. The summed E-state index contributed by atoms with van der Waals surface area (Å²) in [5, 5.41) is 63.8. The fraction of sp³-hybridized carbons (Fsp3) is 0.587. The second-order valence-corrected chi connectivity index (χ2v) is 16.4. The molecule has 344 valence electrons. The van der Waals surface area contributed by atoms with Crippen molar-refractivity contribution in [2.24, 2.45) is 23.7 Å². The van der Waals surface area contributed by atoms with E-state index in [1.807, 2.05) is 0 Å². The highest BCUT2D eigenvalue weighted by molar-refractivity contribution is 6.22. The van der Waals surface area contributed by atoms with Crippen LogP contribution in [-0.4, -0.2) is 113 Å². The van der Waals surface area contributed by atoms with Gasteiger partial charge in [-0.2, -0.15) is 0 Å². The van der Waals surface area contributed by atoms with Crippen LogP contribution in [0, 0.1) is 30.6 Å². The van der Waals surface area contributed by atoms with E-state index in [2.05, 4.69) is 17.6 Å². The van der Waals surface area contributed by atoms with Crippen molar-refractivity contribution in [3.8, 4) is 23.0 Å². The van der Waals surface area contributed by atoms with Crippen molar-refractivity contribution in [1.29, 1.82) is 0 Å². The Balaban J connectivity index is 1.84.